The van der Waals surface area contributed by atoms with E-state index in [4.69, 9.17) is 0 Å². The van der Waals surface area contributed by atoms with E-state index in [0.29, 0.717) is 5.92 Å². The van der Waals surface area contributed by atoms with E-state index in [2.05, 4.69) is 40.4 Å². The van der Waals surface area contributed by atoms with Crippen LogP contribution in [-0.2, 0) is 0 Å². The van der Waals surface area contributed by atoms with Gasteiger partial charge in [-0.2, -0.15) is 0 Å². The van der Waals surface area contributed by atoms with Crippen molar-refractivity contribution in [2.24, 2.45) is 5.92 Å². The SMILES string of the molecule is CCC(CC)CNC(=O)NC(C)c1ccccc1Br. The molecule has 0 radical (unpaired) electrons. The third kappa shape index (κ3) is 5.23. The summed E-state index contributed by atoms with van der Waals surface area (Å²) in [5.74, 6) is 0.560. The van der Waals surface area contributed by atoms with Crippen LogP contribution in [0.4, 0.5) is 4.79 Å². The third-order valence-corrected chi connectivity index (χ3v) is 4.15. The number of hydrogen-bond acceptors (Lipinski definition) is 1. The summed E-state index contributed by atoms with van der Waals surface area (Å²) in [6, 6.07) is 7.81. The number of carbonyl (C=O) groups excluding carboxylic acids is 1. The van der Waals surface area contributed by atoms with Crippen LogP contribution in [0.2, 0.25) is 0 Å². The van der Waals surface area contributed by atoms with Crippen LogP contribution in [0.5, 0.6) is 0 Å². The summed E-state index contributed by atoms with van der Waals surface area (Å²) in [7, 11) is 0. The van der Waals surface area contributed by atoms with E-state index in [1.807, 2.05) is 31.2 Å². The molecule has 0 aliphatic heterocycles. The maximum atomic E-state index is 11.8. The minimum Gasteiger partial charge on any atom is -0.338 e. The molecule has 1 aromatic rings. The Morgan fingerprint density at radius 1 is 1.26 bits per heavy atom. The molecule has 106 valence electrons. The number of halogens is 1. The highest BCUT2D eigenvalue weighted by molar-refractivity contribution is 9.10. The quantitative estimate of drug-likeness (QED) is 0.806. The van der Waals surface area contributed by atoms with Gasteiger partial charge in [-0.3, -0.25) is 0 Å². The van der Waals surface area contributed by atoms with E-state index in [1.54, 1.807) is 0 Å². The van der Waals surface area contributed by atoms with Gasteiger partial charge in [0.25, 0.3) is 0 Å². The van der Waals surface area contributed by atoms with Crippen molar-refractivity contribution in [3.05, 3.63) is 34.3 Å². The fourth-order valence-electron chi connectivity index (χ4n) is 1.97. The average Bonchev–Trinajstić information content (AvgIpc) is 2.40. The number of rotatable bonds is 6. The Balaban J connectivity index is 2.46. The fourth-order valence-corrected chi connectivity index (χ4v) is 2.59. The molecule has 1 aromatic carbocycles. The molecule has 2 N–H and O–H groups in total. The minimum atomic E-state index is -0.102. The maximum Gasteiger partial charge on any atom is 0.315 e. The number of nitrogens with one attached hydrogen (secondary N) is 2. The van der Waals surface area contributed by atoms with Gasteiger partial charge in [-0.05, 0) is 24.5 Å². The molecule has 0 saturated heterocycles. The molecule has 0 spiro atoms. The molecule has 0 fully saturated rings. The summed E-state index contributed by atoms with van der Waals surface area (Å²) in [4.78, 5) is 11.8. The second-order valence-corrected chi connectivity index (χ2v) is 5.63. The number of urea groups is 1. The van der Waals surface area contributed by atoms with Crippen LogP contribution >= 0.6 is 15.9 Å². The molecule has 0 aliphatic carbocycles. The molecular weight excluding hydrogens is 304 g/mol. The molecule has 0 aromatic heterocycles. The minimum absolute atomic E-state index is 0.0164. The van der Waals surface area contributed by atoms with E-state index in [9.17, 15) is 4.79 Å². The molecule has 0 bridgehead atoms. The zero-order valence-electron chi connectivity index (χ0n) is 11.9. The van der Waals surface area contributed by atoms with Gasteiger partial charge in [0.2, 0.25) is 0 Å². The van der Waals surface area contributed by atoms with Crippen molar-refractivity contribution in [3.8, 4) is 0 Å². The lowest BCUT2D eigenvalue weighted by atomic mass is 10.0. The summed E-state index contributed by atoms with van der Waals surface area (Å²) in [5.41, 5.74) is 1.08. The molecule has 1 atom stereocenters. The molecule has 0 heterocycles. The smallest absolute Gasteiger partial charge is 0.315 e. The van der Waals surface area contributed by atoms with Crippen LogP contribution in [0.3, 0.4) is 0 Å². The lowest BCUT2D eigenvalue weighted by Gasteiger charge is -2.18. The number of hydrogen-bond donors (Lipinski definition) is 2. The molecule has 2 amide bonds. The van der Waals surface area contributed by atoms with E-state index >= 15 is 0 Å². The largest absolute Gasteiger partial charge is 0.338 e. The Hall–Kier alpha value is -1.03. The van der Waals surface area contributed by atoms with Gasteiger partial charge in [-0.25, -0.2) is 4.79 Å². The molecule has 0 aliphatic rings. The molecule has 4 heteroatoms. The van der Waals surface area contributed by atoms with Gasteiger partial charge in [0, 0.05) is 11.0 Å². The first kappa shape index (κ1) is 16.0. The second kappa shape index (κ2) is 8.20. The van der Waals surface area contributed by atoms with Crippen LogP contribution in [-0.4, -0.2) is 12.6 Å². The average molecular weight is 327 g/mol. The first-order chi connectivity index (χ1) is 9.08. The van der Waals surface area contributed by atoms with E-state index in [0.717, 1.165) is 29.4 Å². The zero-order chi connectivity index (χ0) is 14.3. The molecule has 19 heavy (non-hydrogen) atoms. The fraction of sp³-hybridized carbons (Fsp3) is 0.533. The van der Waals surface area contributed by atoms with Crippen molar-refractivity contribution in [2.75, 3.05) is 6.54 Å². The molecule has 1 rings (SSSR count). The van der Waals surface area contributed by atoms with E-state index in [-0.39, 0.29) is 12.1 Å². The predicted molar refractivity (Wildman–Crippen MR) is 83.2 cm³/mol. The van der Waals surface area contributed by atoms with Crippen molar-refractivity contribution in [1.29, 1.82) is 0 Å². The zero-order valence-corrected chi connectivity index (χ0v) is 13.5. The van der Waals surface area contributed by atoms with E-state index in [1.165, 1.54) is 0 Å². The number of carbonyl (C=O) groups is 1. The normalized spacial score (nSPS) is 12.3. The summed E-state index contributed by atoms with van der Waals surface area (Å²) in [6.07, 6.45) is 2.19. The second-order valence-electron chi connectivity index (χ2n) is 4.78. The van der Waals surface area contributed by atoms with Crippen molar-refractivity contribution in [1.82, 2.24) is 10.6 Å². The van der Waals surface area contributed by atoms with Gasteiger partial charge in [0.15, 0.2) is 0 Å². The Bertz CT molecular complexity index is 405. The predicted octanol–water partition coefficient (Wildman–Crippen LogP) is 4.25. The lowest BCUT2D eigenvalue weighted by Crippen LogP contribution is -2.39. The highest BCUT2D eigenvalue weighted by atomic mass is 79.9. The van der Waals surface area contributed by atoms with Gasteiger partial charge in [0.05, 0.1) is 6.04 Å². The van der Waals surface area contributed by atoms with Gasteiger partial charge in [-0.1, -0.05) is 60.8 Å². The topological polar surface area (TPSA) is 41.1 Å². The van der Waals surface area contributed by atoms with Gasteiger partial charge in [-0.15, -0.1) is 0 Å². The third-order valence-electron chi connectivity index (χ3n) is 3.43. The van der Waals surface area contributed by atoms with Crippen molar-refractivity contribution in [3.63, 3.8) is 0 Å². The molecule has 3 nitrogen and oxygen atoms in total. The highest BCUT2D eigenvalue weighted by Crippen LogP contribution is 2.22. The van der Waals surface area contributed by atoms with Gasteiger partial charge < -0.3 is 10.6 Å². The first-order valence-corrected chi connectivity index (χ1v) is 7.66. The van der Waals surface area contributed by atoms with Crippen LogP contribution in [0.15, 0.2) is 28.7 Å². The van der Waals surface area contributed by atoms with Crippen molar-refractivity contribution in [2.45, 2.75) is 39.7 Å². The van der Waals surface area contributed by atoms with Crippen LogP contribution in [0, 0.1) is 5.92 Å². The monoisotopic (exact) mass is 326 g/mol. The lowest BCUT2D eigenvalue weighted by molar-refractivity contribution is 0.235. The number of amides is 2. The molecule has 1 unspecified atom stereocenters. The van der Waals surface area contributed by atoms with Crippen molar-refractivity contribution < 1.29 is 4.79 Å². The van der Waals surface area contributed by atoms with E-state index < -0.39 is 0 Å². The molecule has 0 saturated carbocycles. The first-order valence-electron chi connectivity index (χ1n) is 6.87. The summed E-state index contributed by atoms with van der Waals surface area (Å²) >= 11 is 3.50. The van der Waals surface area contributed by atoms with Crippen LogP contribution < -0.4 is 10.6 Å². The Morgan fingerprint density at radius 3 is 2.47 bits per heavy atom. The maximum absolute atomic E-state index is 11.8. The Labute approximate surface area is 124 Å². The summed E-state index contributed by atoms with van der Waals surface area (Å²) < 4.78 is 1.02. The Morgan fingerprint density at radius 2 is 1.89 bits per heavy atom. The van der Waals surface area contributed by atoms with Gasteiger partial charge >= 0.3 is 6.03 Å². The van der Waals surface area contributed by atoms with Gasteiger partial charge in [0.1, 0.15) is 0 Å². The van der Waals surface area contributed by atoms with Crippen LogP contribution in [0.25, 0.3) is 0 Å². The highest BCUT2D eigenvalue weighted by Gasteiger charge is 2.12. The summed E-state index contributed by atoms with van der Waals surface area (Å²) in [5, 5.41) is 5.90. The van der Waals surface area contributed by atoms with Crippen LogP contribution in [0.1, 0.15) is 45.2 Å². The standard InChI is InChI=1S/C15H23BrN2O/c1-4-12(5-2)10-17-15(19)18-11(3)13-8-6-7-9-14(13)16/h6-9,11-12H,4-5,10H2,1-3H3,(H2,17,18,19). The van der Waals surface area contributed by atoms with Crippen molar-refractivity contribution >= 4 is 22.0 Å². The number of benzene rings is 1. The molecular formula is C15H23BrN2O. The Kier molecular flexibility index (Phi) is 6.92. The summed E-state index contributed by atoms with van der Waals surface area (Å²) in [6.45, 7) is 7.02.